The number of ether oxygens (including phenoxy) is 12. The second kappa shape index (κ2) is 26.7. The molecule has 0 aromatic rings. The zero-order chi connectivity index (χ0) is 66.9. The molecule has 10 fully saturated rings. The Kier molecular flexibility index (Phi) is 20.7. The van der Waals surface area contributed by atoms with Crippen molar-refractivity contribution in [2.75, 3.05) is 33.0 Å². The van der Waals surface area contributed by atoms with Gasteiger partial charge in [0.25, 0.3) is 0 Å². The fraction of sp³-hybridized carbons (Fsp3) is 0.952. The summed E-state index contributed by atoms with van der Waals surface area (Å²) in [4.78, 5) is 15.8. The molecule has 11 rings (SSSR count). The number of carbonyl (C=O) groups excluding carboxylic acids is 1. The van der Waals surface area contributed by atoms with Gasteiger partial charge in [-0.1, -0.05) is 60.1 Å². The number of allylic oxidation sites excluding steroid dienone is 2. The van der Waals surface area contributed by atoms with Crippen LogP contribution < -0.4 is 0 Å². The van der Waals surface area contributed by atoms with Gasteiger partial charge in [0.05, 0.1) is 50.7 Å². The first-order valence-electron chi connectivity index (χ1n) is 32.9. The highest BCUT2D eigenvalue weighted by Gasteiger charge is 2.71. The molecule has 0 spiro atoms. The first-order valence-corrected chi connectivity index (χ1v) is 32.9. The third-order valence-electron chi connectivity index (χ3n) is 24.4. The van der Waals surface area contributed by atoms with E-state index in [9.17, 15) is 81.7 Å². The van der Waals surface area contributed by atoms with Crippen LogP contribution >= 0.6 is 0 Å². The molecule has 35 unspecified atom stereocenters. The Balaban J connectivity index is 0.852. The van der Waals surface area contributed by atoms with Gasteiger partial charge in [-0.05, 0) is 116 Å². The van der Waals surface area contributed by atoms with Gasteiger partial charge in [-0.25, -0.2) is 0 Å². The maximum Gasteiger partial charge on any atom is 0.315 e. The number of hydrogen-bond donors (Lipinski definition) is 16. The summed E-state index contributed by atoms with van der Waals surface area (Å²) in [5.74, 6) is -0.733. The summed E-state index contributed by atoms with van der Waals surface area (Å²) in [5.41, 5.74) is -1.64. The molecule has 29 heteroatoms. The zero-order valence-corrected chi connectivity index (χ0v) is 53.5. The molecule has 35 atom stereocenters. The molecule has 528 valence electrons. The van der Waals surface area contributed by atoms with Gasteiger partial charge in [-0.15, -0.1) is 0 Å². The zero-order valence-electron chi connectivity index (χ0n) is 53.5. The van der Waals surface area contributed by atoms with E-state index in [2.05, 4.69) is 54.5 Å². The molecule has 5 aliphatic carbocycles. The molecule has 4 saturated carbocycles. The molecule has 29 nitrogen and oxygen atoms in total. The van der Waals surface area contributed by atoms with E-state index < -0.39 is 221 Å². The third kappa shape index (κ3) is 12.2. The number of esters is 1. The molecule has 0 bridgehead atoms. The van der Waals surface area contributed by atoms with Crippen LogP contribution in [0.5, 0.6) is 0 Å². The van der Waals surface area contributed by atoms with Crippen LogP contribution in [0, 0.1) is 50.2 Å². The largest absolute Gasteiger partial charge is 0.432 e. The fourth-order valence-electron chi connectivity index (χ4n) is 18.5. The Bertz CT molecular complexity index is 2580. The molecule has 0 aromatic heterocycles. The van der Waals surface area contributed by atoms with Crippen molar-refractivity contribution in [2.24, 2.45) is 50.2 Å². The maximum absolute atomic E-state index is 15.8. The lowest BCUT2D eigenvalue weighted by Gasteiger charge is -2.71. The van der Waals surface area contributed by atoms with Crippen molar-refractivity contribution >= 4 is 5.97 Å². The summed E-state index contributed by atoms with van der Waals surface area (Å²) in [7, 11) is 0. The van der Waals surface area contributed by atoms with Gasteiger partial charge in [-0.3, -0.25) is 4.79 Å². The van der Waals surface area contributed by atoms with Crippen molar-refractivity contribution in [1.82, 2.24) is 0 Å². The summed E-state index contributed by atoms with van der Waals surface area (Å²) >= 11 is 0. The predicted molar refractivity (Wildman–Crippen MR) is 309 cm³/mol. The highest BCUT2D eigenvalue weighted by Crippen LogP contribution is 2.76. The first kappa shape index (κ1) is 71.4. The van der Waals surface area contributed by atoms with Crippen molar-refractivity contribution in [1.29, 1.82) is 0 Å². The average molecular weight is 1320 g/mol. The van der Waals surface area contributed by atoms with Crippen LogP contribution in [0.4, 0.5) is 0 Å². The van der Waals surface area contributed by atoms with Gasteiger partial charge in [0, 0.05) is 0 Å². The molecule has 0 radical (unpaired) electrons. The highest BCUT2D eigenvalue weighted by atomic mass is 16.8. The van der Waals surface area contributed by atoms with E-state index in [1.807, 2.05) is 0 Å². The summed E-state index contributed by atoms with van der Waals surface area (Å²) in [6.07, 6.45) is -36.7. The molecule has 6 saturated heterocycles. The summed E-state index contributed by atoms with van der Waals surface area (Å²) in [6, 6.07) is 0. The van der Waals surface area contributed by atoms with Crippen LogP contribution in [0.15, 0.2) is 11.6 Å². The van der Waals surface area contributed by atoms with E-state index in [1.165, 1.54) is 5.57 Å². The van der Waals surface area contributed by atoms with Crippen molar-refractivity contribution < 1.29 is 143 Å². The Morgan fingerprint density at radius 3 is 1.64 bits per heavy atom. The second-order valence-corrected chi connectivity index (χ2v) is 30.5. The average Bonchev–Trinajstić information content (AvgIpc) is 0.676. The lowest BCUT2D eigenvalue weighted by molar-refractivity contribution is -0.395. The minimum atomic E-state index is -2.04. The number of hydrogen-bond acceptors (Lipinski definition) is 29. The minimum absolute atomic E-state index is 0.120. The predicted octanol–water partition coefficient (Wildman–Crippen LogP) is -3.44. The van der Waals surface area contributed by atoms with Crippen molar-refractivity contribution in [3.8, 4) is 0 Å². The lowest BCUT2D eigenvalue weighted by Crippen LogP contribution is -2.67. The summed E-state index contributed by atoms with van der Waals surface area (Å²) < 4.78 is 73.1. The molecule has 11 aliphatic rings. The van der Waals surface area contributed by atoms with Crippen LogP contribution in [-0.2, 0) is 61.6 Å². The van der Waals surface area contributed by atoms with Gasteiger partial charge >= 0.3 is 5.97 Å². The van der Waals surface area contributed by atoms with E-state index in [-0.39, 0.29) is 40.6 Å². The Hall–Kier alpha value is -1.87. The van der Waals surface area contributed by atoms with Gasteiger partial charge in [-0.2, -0.15) is 0 Å². The number of fused-ring (bicyclic) bond motifs is 7. The number of carbonyl (C=O) groups is 1. The van der Waals surface area contributed by atoms with Gasteiger partial charge in [0.1, 0.15) is 116 Å². The topological polar surface area (TPSA) is 452 Å². The normalized spacial score (nSPS) is 54.3. The van der Waals surface area contributed by atoms with Gasteiger partial charge < -0.3 is 139 Å². The van der Waals surface area contributed by atoms with Crippen LogP contribution in [0.25, 0.3) is 0 Å². The number of rotatable bonds is 14. The van der Waals surface area contributed by atoms with Gasteiger partial charge in [0.15, 0.2) is 37.6 Å². The standard InChI is InChI=1S/C63H102O29/c1-25-36(69)42(75)48(89-52-45(78)38(71)29(67)23-82-52)55(84-25)87-35-12-13-60(6)33(59(35,4)5)11-14-62(8)34(60)10-9-26-27-19-58(2,3)15-17-63(27,18-16-61(26,62)7)57(80)92-56-49(43(76)40(73)32(21-65)86-56)90-54-50(91-53-46(79)41(74)39(72)31(20-64)85-53)47(30(68)24-83-54)88-51-44(77)37(70)28(66)22-81-51/h9,25,27-56,64-79H,10-24H2,1-8H3. The number of aliphatic hydroxyl groups is 16. The highest BCUT2D eigenvalue weighted by molar-refractivity contribution is 5.79. The fourth-order valence-corrected chi connectivity index (χ4v) is 18.5. The van der Waals surface area contributed by atoms with Crippen molar-refractivity contribution in [3.05, 3.63) is 11.6 Å². The van der Waals surface area contributed by atoms with Crippen LogP contribution in [0.2, 0.25) is 0 Å². The quantitative estimate of drug-likeness (QED) is 0.0457. The second-order valence-electron chi connectivity index (χ2n) is 30.5. The minimum Gasteiger partial charge on any atom is -0.432 e. The Morgan fingerprint density at radius 2 is 1.01 bits per heavy atom. The smallest absolute Gasteiger partial charge is 0.315 e. The molecule has 0 aromatic carbocycles. The van der Waals surface area contributed by atoms with Crippen molar-refractivity contribution in [2.45, 2.75) is 292 Å². The maximum atomic E-state index is 15.8. The SMILES string of the molecule is CC1OC(OC2CCC3(C)C(CCC4(C)C3CC=C3C5CC(C)(C)CCC5(C(=O)OC5OC(CO)C(O)C(O)C5OC5OCC(O)C(OC6OCC(O)C(O)C6O)C5OC5OC(CO)C(O)C(O)C5O)CCC34C)C2(C)C)C(OC2OCC(O)C(O)C2O)C(O)C1O. The van der Waals surface area contributed by atoms with Crippen LogP contribution in [0.1, 0.15) is 120 Å². The monoisotopic (exact) mass is 1320 g/mol. The van der Waals surface area contributed by atoms with E-state index >= 15 is 4.79 Å². The molecule has 6 heterocycles. The third-order valence-corrected chi connectivity index (χ3v) is 24.4. The van der Waals surface area contributed by atoms with E-state index in [0.717, 1.165) is 19.3 Å². The first-order chi connectivity index (χ1) is 43.2. The summed E-state index contributed by atoms with van der Waals surface area (Å²) in [6.45, 7) is 14.3. The molecule has 6 aliphatic heterocycles. The van der Waals surface area contributed by atoms with Crippen molar-refractivity contribution in [3.63, 3.8) is 0 Å². The molecular weight excluding hydrogens is 1220 g/mol. The van der Waals surface area contributed by atoms with E-state index in [0.29, 0.717) is 44.9 Å². The molecule has 16 N–H and O–H groups in total. The van der Waals surface area contributed by atoms with Crippen LogP contribution in [-0.4, -0.2) is 293 Å². The van der Waals surface area contributed by atoms with E-state index in [4.69, 9.17) is 56.8 Å². The van der Waals surface area contributed by atoms with Crippen LogP contribution in [0.3, 0.4) is 0 Å². The van der Waals surface area contributed by atoms with E-state index in [1.54, 1.807) is 6.92 Å². The molecule has 92 heavy (non-hydrogen) atoms. The molecule has 0 amide bonds. The molecular formula is C63H102O29. The Labute approximate surface area is 534 Å². The van der Waals surface area contributed by atoms with Gasteiger partial charge in [0.2, 0.25) is 6.29 Å². The number of aliphatic hydroxyl groups excluding tert-OH is 16. The Morgan fingerprint density at radius 1 is 0.489 bits per heavy atom. The summed E-state index contributed by atoms with van der Waals surface area (Å²) in [5, 5.41) is 174. The lowest BCUT2D eigenvalue weighted by atomic mass is 9.33.